The van der Waals surface area contributed by atoms with Crippen molar-refractivity contribution in [3.05, 3.63) is 34.9 Å². The van der Waals surface area contributed by atoms with Gasteiger partial charge in [-0.1, -0.05) is 30.2 Å². The Balaban J connectivity index is 1.82. The lowest BCUT2D eigenvalue weighted by atomic mass is 9.85. The molecule has 5 heteroatoms. The highest BCUT2D eigenvalue weighted by atomic mass is 35.5. The van der Waals surface area contributed by atoms with Gasteiger partial charge in [-0.2, -0.15) is 0 Å². The zero-order valence-corrected chi connectivity index (χ0v) is 12.1. The van der Waals surface area contributed by atoms with Gasteiger partial charge in [-0.25, -0.2) is 0 Å². The van der Waals surface area contributed by atoms with Crippen molar-refractivity contribution in [1.82, 2.24) is 5.32 Å². The maximum atomic E-state index is 12.0. The molecule has 4 N–H and O–H groups in total. The predicted octanol–water partition coefficient (Wildman–Crippen LogP) is 2.01. The van der Waals surface area contributed by atoms with Gasteiger partial charge < -0.3 is 16.2 Å². The molecule has 110 valence electrons. The minimum absolute atomic E-state index is 0.00633. The second-order valence-electron chi connectivity index (χ2n) is 5.44. The maximum Gasteiger partial charge on any atom is 0.223 e. The van der Waals surface area contributed by atoms with Crippen LogP contribution < -0.4 is 11.1 Å². The molecule has 1 fully saturated rings. The number of hydrogen-bond donors (Lipinski definition) is 3. The molecule has 1 amide bonds. The van der Waals surface area contributed by atoms with E-state index in [4.69, 9.17) is 17.3 Å². The molecule has 0 aliphatic heterocycles. The number of hydrogen-bond acceptors (Lipinski definition) is 3. The molecular weight excluding hydrogens is 276 g/mol. The van der Waals surface area contributed by atoms with Crippen molar-refractivity contribution in [2.75, 3.05) is 6.54 Å². The van der Waals surface area contributed by atoms with Crippen LogP contribution in [0.25, 0.3) is 0 Å². The number of nitrogens with two attached hydrogens (primary N) is 1. The molecular formula is C15H21ClN2O2. The third kappa shape index (κ3) is 4.20. The molecule has 1 saturated carbocycles. The van der Waals surface area contributed by atoms with Gasteiger partial charge in [-0.15, -0.1) is 0 Å². The SMILES string of the molecule is NC1CCCC(C(=O)NCC(O)c2ccc(Cl)cc2)C1. The summed E-state index contributed by atoms with van der Waals surface area (Å²) in [6.07, 6.45) is 2.91. The zero-order chi connectivity index (χ0) is 14.5. The van der Waals surface area contributed by atoms with Gasteiger partial charge in [-0.3, -0.25) is 4.79 Å². The number of carbonyl (C=O) groups excluding carboxylic acids is 1. The molecule has 1 aromatic rings. The van der Waals surface area contributed by atoms with Crippen LogP contribution >= 0.6 is 11.6 Å². The molecule has 0 bridgehead atoms. The van der Waals surface area contributed by atoms with E-state index in [1.807, 2.05) is 0 Å². The van der Waals surface area contributed by atoms with E-state index < -0.39 is 6.10 Å². The van der Waals surface area contributed by atoms with Gasteiger partial charge in [0.15, 0.2) is 0 Å². The van der Waals surface area contributed by atoms with Crippen LogP contribution in [-0.4, -0.2) is 23.6 Å². The van der Waals surface area contributed by atoms with Gasteiger partial charge in [0.2, 0.25) is 5.91 Å². The third-order valence-electron chi connectivity index (χ3n) is 3.81. The molecule has 4 nitrogen and oxygen atoms in total. The second-order valence-corrected chi connectivity index (χ2v) is 5.87. The number of aliphatic hydroxyl groups excluding tert-OH is 1. The van der Waals surface area contributed by atoms with Crippen molar-refractivity contribution in [2.45, 2.75) is 37.8 Å². The molecule has 1 aliphatic rings. The van der Waals surface area contributed by atoms with Gasteiger partial charge in [-0.05, 0) is 37.0 Å². The summed E-state index contributed by atoms with van der Waals surface area (Å²) in [6, 6.07) is 7.09. The van der Waals surface area contributed by atoms with E-state index in [0.29, 0.717) is 5.02 Å². The Morgan fingerprint density at radius 3 is 2.75 bits per heavy atom. The Bertz CT molecular complexity index is 450. The van der Waals surface area contributed by atoms with Gasteiger partial charge >= 0.3 is 0 Å². The van der Waals surface area contributed by atoms with Crippen molar-refractivity contribution < 1.29 is 9.90 Å². The average Bonchev–Trinajstić information content (AvgIpc) is 2.45. The Hall–Kier alpha value is -1.10. The number of benzene rings is 1. The van der Waals surface area contributed by atoms with Crippen molar-refractivity contribution in [3.63, 3.8) is 0 Å². The minimum atomic E-state index is -0.714. The molecule has 0 heterocycles. The summed E-state index contributed by atoms with van der Waals surface area (Å²) in [5.74, 6) is -0.0238. The summed E-state index contributed by atoms with van der Waals surface area (Å²) in [5.41, 5.74) is 6.63. The molecule has 1 aromatic carbocycles. The van der Waals surface area contributed by atoms with Crippen LogP contribution in [0.15, 0.2) is 24.3 Å². The fourth-order valence-corrected chi connectivity index (χ4v) is 2.74. The summed E-state index contributed by atoms with van der Waals surface area (Å²) in [6.45, 7) is 0.214. The van der Waals surface area contributed by atoms with E-state index in [2.05, 4.69) is 5.32 Å². The fourth-order valence-electron chi connectivity index (χ4n) is 2.61. The highest BCUT2D eigenvalue weighted by molar-refractivity contribution is 6.30. The van der Waals surface area contributed by atoms with E-state index in [9.17, 15) is 9.90 Å². The Labute approximate surface area is 124 Å². The summed E-state index contributed by atoms with van der Waals surface area (Å²) in [5, 5.41) is 13.5. The Kier molecular flexibility index (Phi) is 5.40. The molecule has 0 spiro atoms. The first-order chi connectivity index (χ1) is 9.56. The lowest BCUT2D eigenvalue weighted by Crippen LogP contribution is -2.39. The van der Waals surface area contributed by atoms with Crippen LogP contribution in [0.3, 0.4) is 0 Å². The van der Waals surface area contributed by atoms with Crippen LogP contribution in [0.2, 0.25) is 5.02 Å². The molecule has 20 heavy (non-hydrogen) atoms. The molecule has 3 unspecified atom stereocenters. The van der Waals surface area contributed by atoms with E-state index >= 15 is 0 Å². The van der Waals surface area contributed by atoms with E-state index in [1.54, 1.807) is 24.3 Å². The lowest BCUT2D eigenvalue weighted by Gasteiger charge is -2.26. The smallest absolute Gasteiger partial charge is 0.223 e. The van der Waals surface area contributed by atoms with E-state index in [-0.39, 0.29) is 24.4 Å². The van der Waals surface area contributed by atoms with Crippen LogP contribution in [0.5, 0.6) is 0 Å². The van der Waals surface area contributed by atoms with Crippen molar-refractivity contribution in [3.8, 4) is 0 Å². The van der Waals surface area contributed by atoms with Gasteiger partial charge in [0.25, 0.3) is 0 Å². The largest absolute Gasteiger partial charge is 0.387 e. The molecule has 0 saturated heterocycles. The van der Waals surface area contributed by atoms with Crippen LogP contribution in [0.4, 0.5) is 0 Å². The average molecular weight is 297 g/mol. The quantitative estimate of drug-likeness (QED) is 0.795. The minimum Gasteiger partial charge on any atom is -0.387 e. The number of carbonyl (C=O) groups is 1. The first-order valence-corrected chi connectivity index (χ1v) is 7.41. The highest BCUT2D eigenvalue weighted by Crippen LogP contribution is 2.23. The topological polar surface area (TPSA) is 75.4 Å². The zero-order valence-electron chi connectivity index (χ0n) is 11.4. The van der Waals surface area contributed by atoms with Gasteiger partial charge in [0, 0.05) is 23.5 Å². The molecule has 1 aliphatic carbocycles. The molecule has 0 aromatic heterocycles. The monoisotopic (exact) mass is 296 g/mol. The fraction of sp³-hybridized carbons (Fsp3) is 0.533. The molecule has 0 radical (unpaired) electrons. The summed E-state index contributed by atoms with van der Waals surface area (Å²) in [4.78, 5) is 12.0. The summed E-state index contributed by atoms with van der Waals surface area (Å²) >= 11 is 5.80. The number of nitrogens with one attached hydrogen (secondary N) is 1. The highest BCUT2D eigenvalue weighted by Gasteiger charge is 2.25. The normalized spacial score (nSPS) is 24.1. The van der Waals surface area contributed by atoms with Crippen LogP contribution in [-0.2, 0) is 4.79 Å². The predicted molar refractivity (Wildman–Crippen MR) is 79.4 cm³/mol. The number of rotatable bonds is 4. The van der Waals surface area contributed by atoms with Gasteiger partial charge in [0.05, 0.1) is 6.10 Å². The van der Waals surface area contributed by atoms with Crippen molar-refractivity contribution in [1.29, 1.82) is 0 Å². The Morgan fingerprint density at radius 2 is 2.10 bits per heavy atom. The summed E-state index contributed by atoms with van der Waals surface area (Å²) in [7, 11) is 0. The van der Waals surface area contributed by atoms with Crippen LogP contribution in [0.1, 0.15) is 37.4 Å². The molecule has 3 atom stereocenters. The first-order valence-electron chi connectivity index (χ1n) is 7.03. The number of aliphatic hydroxyl groups is 1. The van der Waals surface area contributed by atoms with Gasteiger partial charge in [0.1, 0.15) is 0 Å². The second kappa shape index (κ2) is 7.07. The Morgan fingerprint density at radius 1 is 1.40 bits per heavy atom. The van der Waals surface area contributed by atoms with Crippen LogP contribution in [0, 0.1) is 5.92 Å². The van der Waals surface area contributed by atoms with Crippen molar-refractivity contribution >= 4 is 17.5 Å². The number of amides is 1. The lowest BCUT2D eigenvalue weighted by molar-refractivity contribution is -0.126. The molecule has 2 rings (SSSR count). The summed E-state index contributed by atoms with van der Waals surface area (Å²) < 4.78 is 0. The maximum absolute atomic E-state index is 12.0. The van der Waals surface area contributed by atoms with E-state index in [0.717, 1.165) is 31.2 Å². The van der Waals surface area contributed by atoms with Crippen molar-refractivity contribution in [2.24, 2.45) is 11.7 Å². The van der Waals surface area contributed by atoms with E-state index in [1.165, 1.54) is 0 Å². The standard InChI is InChI=1S/C15H21ClN2O2/c16-12-6-4-10(5-7-12)14(19)9-18-15(20)11-2-1-3-13(17)8-11/h4-7,11,13-14,19H,1-3,8-9,17H2,(H,18,20). The number of halogens is 1. The third-order valence-corrected chi connectivity index (χ3v) is 4.06. The first kappa shape index (κ1) is 15.3.